The molecule has 0 bridgehead atoms. The van der Waals surface area contributed by atoms with E-state index in [0.29, 0.717) is 40.5 Å². The van der Waals surface area contributed by atoms with Crippen LogP contribution in [0.5, 0.6) is 34.5 Å². The number of anilines is 1. The summed E-state index contributed by atoms with van der Waals surface area (Å²) < 4.78 is 33.5. The summed E-state index contributed by atoms with van der Waals surface area (Å²) in [4.78, 5) is 9.88. The molecule has 5 aromatic rings. The van der Waals surface area contributed by atoms with E-state index in [9.17, 15) is 0 Å². The lowest BCUT2D eigenvalue weighted by molar-refractivity contribution is 0.201. The lowest BCUT2D eigenvalue weighted by Crippen LogP contribution is -2.44. The molecular weight excluding hydrogens is 733 g/mol. The molecule has 1 aliphatic heterocycles. The normalized spacial score (nSPS) is 13.0. The maximum Gasteiger partial charge on any atom is 0.203 e. The molecule has 3 heterocycles. The van der Waals surface area contributed by atoms with Gasteiger partial charge in [0.1, 0.15) is 0 Å². The monoisotopic (exact) mass is 781 g/mol. The van der Waals surface area contributed by atoms with E-state index in [-0.39, 0.29) is 24.8 Å². The number of pyridine rings is 1. The molecule has 0 atom stereocenters. The molecule has 0 radical (unpaired) electrons. The van der Waals surface area contributed by atoms with Crippen LogP contribution in [0.15, 0.2) is 78.3 Å². The highest BCUT2D eigenvalue weighted by molar-refractivity contribution is 7.14. The molecule has 284 valence electrons. The van der Waals surface area contributed by atoms with E-state index < -0.39 is 0 Å². The van der Waals surface area contributed by atoms with E-state index in [0.717, 1.165) is 61.4 Å². The second-order valence-electron chi connectivity index (χ2n) is 12.7. The molecule has 0 spiro atoms. The van der Waals surface area contributed by atoms with Gasteiger partial charge in [0.05, 0.1) is 53.4 Å². The van der Waals surface area contributed by atoms with E-state index in [2.05, 4.69) is 64.6 Å². The number of benzene rings is 3. The summed E-state index contributed by atoms with van der Waals surface area (Å²) in [5.74, 6) is 3.67. The van der Waals surface area contributed by atoms with Crippen molar-refractivity contribution >= 4 is 41.2 Å². The van der Waals surface area contributed by atoms with E-state index in [1.165, 1.54) is 21.7 Å². The van der Waals surface area contributed by atoms with Gasteiger partial charge in [-0.3, -0.25) is 9.88 Å². The van der Waals surface area contributed by atoms with Crippen molar-refractivity contribution in [2.45, 2.75) is 38.9 Å². The minimum atomic E-state index is 0. The van der Waals surface area contributed by atoms with Crippen LogP contribution in [0.3, 0.4) is 0 Å². The van der Waals surface area contributed by atoms with Crippen LogP contribution in [0.2, 0.25) is 0 Å². The highest BCUT2D eigenvalue weighted by Gasteiger charge is 2.27. The molecule has 0 unspecified atom stereocenters. The molecule has 0 saturated carbocycles. The Hall–Kier alpha value is -4.35. The summed E-state index contributed by atoms with van der Waals surface area (Å²) in [7, 11) is 9.79. The summed E-state index contributed by atoms with van der Waals surface area (Å²) in [5, 5.41) is 3.54. The highest BCUT2D eigenvalue weighted by atomic mass is 35.5. The Kier molecular flexibility index (Phi) is 14.9. The zero-order valence-electron chi connectivity index (χ0n) is 31.3. The van der Waals surface area contributed by atoms with Crippen molar-refractivity contribution in [2.75, 3.05) is 60.6 Å². The SMILES string of the molecule is COc1cc(-c2cccc(CN3CCC(N(Cc4ccnc(-c5cc(OC)c(OC)c(OC)c5)c4)c4cc(C)cs4)CC3)c2)cc(OC)c1OC.Cl.Cl. The maximum atomic E-state index is 5.62. The van der Waals surface area contributed by atoms with Crippen molar-refractivity contribution < 1.29 is 28.4 Å². The Morgan fingerprint density at radius 3 is 1.79 bits per heavy atom. The fraction of sp³-hybridized carbons (Fsp3) is 0.341. The first-order chi connectivity index (χ1) is 24.9. The quantitative estimate of drug-likeness (QED) is 0.110. The molecule has 1 aliphatic rings. The van der Waals surface area contributed by atoms with Gasteiger partial charge in [-0.05, 0) is 101 Å². The Labute approximate surface area is 329 Å². The maximum absolute atomic E-state index is 5.62. The lowest BCUT2D eigenvalue weighted by Gasteiger charge is -2.39. The molecule has 2 aromatic heterocycles. The number of rotatable bonds is 14. The third kappa shape index (κ3) is 9.42. The van der Waals surface area contributed by atoms with Crippen LogP contribution in [-0.2, 0) is 13.1 Å². The van der Waals surface area contributed by atoms with Crippen molar-refractivity contribution in [3.63, 3.8) is 0 Å². The van der Waals surface area contributed by atoms with Gasteiger partial charge < -0.3 is 33.3 Å². The number of methoxy groups -OCH3 is 6. The number of hydrogen-bond acceptors (Lipinski definition) is 10. The van der Waals surface area contributed by atoms with Crippen LogP contribution in [0.1, 0.15) is 29.5 Å². The van der Waals surface area contributed by atoms with Gasteiger partial charge in [-0.1, -0.05) is 18.2 Å². The van der Waals surface area contributed by atoms with Gasteiger partial charge in [0.25, 0.3) is 0 Å². The van der Waals surface area contributed by atoms with E-state index in [1.54, 1.807) is 42.7 Å². The van der Waals surface area contributed by atoms with Gasteiger partial charge in [-0.15, -0.1) is 36.2 Å². The molecule has 0 aliphatic carbocycles. The Balaban J connectivity index is 0.00000314. The Bertz CT molecular complexity index is 1900. The van der Waals surface area contributed by atoms with Gasteiger partial charge in [-0.2, -0.15) is 0 Å². The van der Waals surface area contributed by atoms with Gasteiger partial charge in [-0.25, -0.2) is 0 Å². The van der Waals surface area contributed by atoms with Crippen molar-refractivity contribution in [1.29, 1.82) is 0 Å². The van der Waals surface area contributed by atoms with Crippen LogP contribution < -0.4 is 33.3 Å². The highest BCUT2D eigenvalue weighted by Crippen LogP contribution is 2.42. The standard InChI is InChI=1S/C41H47N3O6S.2ClH/c1-27-17-39(51-26-27)44(25-29-11-14-42-34(19-29)32-22-37(47-4)41(50-7)38(23-32)48-5)33-12-15-43(16-13-33)24-28-9-8-10-30(18-28)31-20-35(45-2)40(49-6)36(21-31)46-3;;/h8-11,14,17-23,26,33H,12-13,15-16,24-25H2,1-7H3;2*1H. The molecule has 9 nitrogen and oxygen atoms in total. The first-order valence-electron chi connectivity index (χ1n) is 17.1. The number of piperidine rings is 1. The second-order valence-corrected chi connectivity index (χ2v) is 13.6. The molecule has 1 saturated heterocycles. The number of thiophene rings is 1. The molecule has 0 N–H and O–H groups in total. The van der Waals surface area contributed by atoms with Crippen molar-refractivity contribution in [3.05, 3.63) is 95.0 Å². The number of hydrogen-bond donors (Lipinski definition) is 0. The summed E-state index contributed by atoms with van der Waals surface area (Å²) in [6, 6.07) is 23.7. The molecule has 3 aromatic carbocycles. The average molecular weight is 783 g/mol. The molecular formula is C41H49Cl2N3O6S. The average Bonchev–Trinajstić information content (AvgIpc) is 3.61. The predicted octanol–water partition coefficient (Wildman–Crippen LogP) is 9.35. The van der Waals surface area contributed by atoms with E-state index in [1.807, 2.05) is 41.8 Å². The van der Waals surface area contributed by atoms with Gasteiger partial charge in [0, 0.05) is 44.0 Å². The summed E-state index contributed by atoms with van der Waals surface area (Å²) in [5.41, 5.74) is 7.68. The van der Waals surface area contributed by atoms with Crippen LogP contribution in [0.25, 0.3) is 22.4 Å². The van der Waals surface area contributed by atoms with Crippen LogP contribution in [0.4, 0.5) is 5.00 Å². The number of likely N-dealkylation sites (tertiary alicyclic amines) is 1. The number of aryl methyl sites for hydroxylation is 1. The van der Waals surface area contributed by atoms with Gasteiger partial charge in [0.2, 0.25) is 11.5 Å². The largest absolute Gasteiger partial charge is 0.493 e. The Morgan fingerprint density at radius 2 is 1.26 bits per heavy atom. The molecule has 53 heavy (non-hydrogen) atoms. The Morgan fingerprint density at radius 1 is 0.679 bits per heavy atom. The van der Waals surface area contributed by atoms with Crippen molar-refractivity contribution in [2.24, 2.45) is 0 Å². The predicted molar refractivity (Wildman–Crippen MR) is 219 cm³/mol. The lowest BCUT2D eigenvalue weighted by atomic mass is 9.99. The second kappa shape index (κ2) is 19.1. The number of ether oxygens (including phenoxy) is 6. The van der Waals surface area contributed by atoms with Crippen LogP contribution >= 0.6 is 36.2 Å². The van der Waals surface area contributed by atoms with E-state index in [4.69, 9.17) is 33.4 Å². The van der Waals surface area contributed by atoms with Crippen molar-refractivity contribution in [3.8, 4) is 56.9 Å². The zero-order chi connectivity index (χ0) is 35.9. The zero-order valence-corrected chi connectivity index (χ0v) is 33.8. The summed E-state index contributed by atoms with van der Waals surface area (Å²) >= 11 is 1.82. The smallest absolute Gasteiger partial charge is 0.203 e. The summed E-state index contributed by atoms with van der Waals surface area (Å²) in [6.07, 6.45) is 4.04. The first kappa shape index (κ1) is 41.4. The fourth-order valence-corrected chi connectivity index (χ4v) is 7.83. The van der Waals surface area contributed by atoms with Crippen LogP contribution in [-0.4, -0.2) is 71.7 Å². The molecule has 1 fully saturated rings. The number of aromatic nitrogens is 1. The topological polar surface area (TPSA) is 74.8 Å². The minimum absolute atomic E-state index is 0. The third-order valence-electron chi connectivity index (χ3n) is 9.47. The van der Waals surface area contributed by atoms with Gasteiger partial charge >= 0.3 is 0 Å². The number of halogens is 2. The molecule has 12 heteroatoms. The van der Waals surface area contributed by atoms with Crippen LogP contribution in [0, 0.1) is 6.92 Å². The molecule has 6 rings (SSSR count). The first-order valence-corrected chi connectivity index (χ1v) is 17.9. The number of nitrogens with zero attached hydrogens (tertiary/aromatic N) is 3. The van der Waals surface area contributed by atoms with Gasteiger partial charge in [0.15, 0.2) is 23.0 Å². The fourth-order valence-electron chi connectivity index (χ4n) is 6.85. The van der Waals surface area contributed by atoms with Crippen molar-refractivity contribution in [1.82, 2.24) is 9.88 Å². The third-order valence-corrected chi connectivity index (χ3v) is 10.6. The van der Waals surface area contributed by atoms with E-state index >= 15 is 0 Å². The summed E-state index contributed by atoms with van der Waals surface area (Å²) in [6.45, 7) is 5.90. The minimum Gasteiger partial charge on any atom is -0.493 e. The molecule has 0 amide bonds.